The molecule has 7 rings (SSSR count). The molecule has 0 amide bonds. The molecule has 0 saturated heterocycles. The molecule has 0 aliphatic rings. The lowest BCUT2D eigenvalue weighted by Crippen LogP contribution is -2.19. The van der Waals surface area contributed by atoms with Crippen molar-refractivity contribution >= 4 is 58.0 Å². The van der Waals surface area contributed by atoms with E-state index in [1.54, 1.807) is 65.8 Å². The van der Waals surface area contributed by atoms with Gasteiger partial charge < -0.3 is 0 Å². The summed E-state index contributed by atoms with van der Waals surface area (Å²) in [5.74, 6) is -1.03. The van der Waals surface area contributed by atoms with Gasteiger partial charge in [-0.25, -0.2) is 13.2 Å². The minimum absolute atomic E-state index is 0.0850. The molecule has 7 aromatic rings. The summed E-state index contributed by atoms with van der Waals surface area (Å²) in [6.45, 7) is 51.3. The number of rotatable bonds is 0. The van der Waals surface area contributed by atoms with Gasteiger partial charge in [0.25, 0.3) is 0 Å². The fraction of sp³-hybridized carbons (Fsp3) is 0.440. The Morgan fingerprint density at radius 2 is 0.535 bits per heavy atom. The minimum atomic E-state index is -4.26. The van der Waals surface area contributed by atoms with Crippen molar-refractivity contribution in [1.29, 1.82) is 0 Å². The maximum atomic E-state index is 13.3. The van der Waals surface area contributed by atoms with Crippen LogP contribution in [0.25, 0.3) is 0 Å². The summed E-state index contributed by atoms with van der Waals surface area (Å²) in [6.07, 6.45) is -4.26. The van der Waals surface area contributed by atoms with Gasteiger partial charge in [-0.05, 0) is 176 Å². The number of alkyl halides is 3. The Bertz CT molecular complexity index is 2830. The molecule has 7 aromatic carbocycles. The van der Waals surface area contributed by atoms with E-state index in [2.05, 4.69) is 128 Å². The van der Waals surface area contributed by atoms with E-state index in [0.717, 1.165) is 43.4 Å². The van der Waals surface area contributed by atoms with E-state index < -0.39 is 34.2 Å². The molecular weight excluding hydrogens is 1190 g/mol. The highest BCUT2D eigenvalue weighted by Crippen LogP contribution is 2.38. The van der Waals surface area contributed by atoms with Crippen LogP contribution in [0.3, 0.4) is 0 Å². The molecule has 0 aromatic heterocycles. The van der Waals surface area contributed by atoms with Crippen molar-refractivity contribution < 1.29 is 26.3 Å². The third-order valence-corrected chi connectivity index (χ3v) is 14.8. The van der Waals surface area contributed by atoms with Gasteiger partial charge in [0.2, 0.25) is 0 Å². The first-order chi connectivity index (χ1) is 38.8. The molecule has 0 aliphatic carbocycles. The second-order valence-electron chi connectivity index (χ2n) is 28.8. The normalized spacial score (nSPS) is 12.0. The zero-order valence-electron chi connectivity index (χ0n) is 55.9. The highest BCUT2D eigenvalue weighted by Gasteiger charge is 2.36. The van der Waals surface area contributed by atoms with E-state index in [1.165, 1.54) is 64.2 Å². The molecule has 474 valence electrons. The summed E-state index contributed by atoms with van der Waals surface area (Å²) >= 11 is 29.7. The summed E-state index contributed by atoms with van der Waals surface area (Å²) in [7, 11) is 0. The van der Waals surface area contributed by atoms with Crippen LogP contribution in [0.1, 0.15) is 212 Å². The van der Waals surface area contributed by atoms with Gasteiger partial charge in [-0.1, -0.05) is 282 Å². The zero-order chi connectivity index (χ0) is 67.1. The Labute approximate surface area is 540 Å². The number of aryl methyl sites for hydroxylation is 4. The van der Waals surface area contributed by atoms with Crippen molar-refractivity contribution in [3.63, 3.8) is 0 Å². The SMILES string of the molecule is CC(C)(C)c1c(F)cccc1F.CC(C)(C)c1ccc(Cl)cc1Cl.CC(C)(C)c1ccc(Cl)cc1Cl.CC(C)(C)c1ccccc1C(F)(F)F.Cc1cccc(C)c1C(C)(C)C.Cc1cccc(Cl)c1C(C)(C)C.Cc1cccc(F)c1C(C)(C)C. The molecule has 0 heterocycles. The molecular formula is C75H97Cl5F6. The lowest BCUT2D eigenvalue weighted by molar-refractivity contribution is -0.138. The van der Waals surface area contributed by atoms with Crippen molar-refractivity contribution in [1.82, 2.24) is 0 Å². The minimum Gasteiger partial charge on any atom is -0.207 e. The molecule has 11 heteroatoms. The smallest absolute Gasteiger partial charge is 0.207 e. The largest absolute Gasteiger partial charge is 0.416 e. The molecule has 0 aliphatic heterocycles. The molecule has 0 N–H and O–H groups in total. The Morgan fingerprint density at radius 3 is 0.767 bits per heavy atom. The van der Waals surface area contributed by atoms with Crippen LogP contribution in [0.2, 0.25) is 25.1 Å². The molecule has 0 unspecified atom stereocenters. The predicted octanol–water partition coefficient (Wildman–Crippen LogP) is 26.8. The molecule has 0 fully saturated rings. The number of benzene rings is 7. The number of halogens is 11. The average Bonchev–Trinajstić information content (AvgIpc) is 3.29. The Balaban J connectivity index is 0.000000502. The first-order valence-electron chi connectivity index (χ1n) is 28.9. The van der Waals surface area contributed by atoms with Crippen molar-refractivity contribution in [3.05, 3.63) is 243 Å². The van der Waals surface area contributed by atoms with Gasteiger partial charge in [0.05, 0.1) is 5.56 Å². The van der Waals surface area contributed by atoms with Crippen LogP contribution in [0.15, 0.2) is 133 Å². The number of hydrogen-bond donors (Lipinski definition) is 0. The standard InChI is InChI=1S/C12H18.C11H15Cl.C11H13F3.C11H15F.2C10H12Cl2.C10H12F2/c1-9-7-6-8-10(2)11(9)12(3,4)5;1-8-6-5-7-9(12)10(8)11(2,3)4;1-10(2,3)8-6-4-5-7-9(8)11(12,13)14;1-8-6-5-7-9(12)10(8)11(2,3)4;2*1-10(2,3)8-5-4-7(11)6-9(8)12;1-10(2,3)9-7(11)5-4-6-8(9)12/h6-8H,1-5H3;5-7H,1-4H3;4-7H,1-3H3;5-7H,1-4H3;3*4-6H,1-3H3. The second kappa shape index (κ2) is 32.4. The fourth-order valence-corrected chi connectivity index (χ4v) is 11.8. The fourth-order valence-electron chi connectivity index (χ4n) is 9.95. The third-order valence-electron chi connectivity index (χ3n) is 13.4. The first-order valence-corrected chi connectivity index (χ1v) is 30.7. The predicted molar refractivity (Wildman–Crippen MR) is 365 cm³/mol. The van der Waals surface area contributed by atoms with Crippen molar-refractivity contribution in [3.8, 4) is 0 Å². The van der Waals surface area contributed by atoms with Crippen LogP contribution in [0.5, 0.6) is 0 Å². The summed E-state index contributed by atoms with van der Waals surface area (Å²) in [5.41, 5.74) is 10.4. The van der Waals surface area contributed by atoms with E-state index in [0.29, 0.717) is 15.6 Å². The summed E-state index contributed by atoms with van der Waals surface area (Å²) in [6, 6.07) is 38.7. The van der Waals surface area contributed by atoms with Gasteiger partial charge in [-0.2, -0.15) is 13.2 Å². The van der Waals surface area contributed by atoms with Crippen LogP contribution in [0, 0.1) is 45.1 Å². The maximum absolute atomic E-state index is 13.3. The third kappa shape index (κ3) is 26.3. The number of hydrogen-bond acceptors (Lipinski definition) is 0. The van der Waals surface area contributed by atoms with Gasteiger partial charge in [-0.15, -0.1) is 0 Å². The van der Waals surface area contributed by atoms with E-state index in [9.17, 15) is 26.3 Å². The van der Waals surface area contributed by atoms with E-state index in [4.69, 9.17) is 58.0 Å². The first kappa shape index (κ1) is 79.6. The average molecular weight is 1290 g/mol. The lowest BCUT2D eigenvalue weighted by atomic mass is 9.81. The molecule has 0 saturated carbocycles. The Morgan fingerprint density at radius 1 is 0.256 bits per heavy atom. The topological polar surface area (TPSA) is 0 Å². The van der Waals surface area contributed by atoms with Gasteiger partial charge in [0.15, 0.2) is 0 Å². The van der Waals surface area contributed by atoms with Crippen LogP contribution in [-0.2, 0) is 44.1 Å². The monoisotopic (exact) mass is 1290 g/mol. The van der Waals surface area contributed by atoms with Gasteiger partial charge in [-0.3, -0.25) is 0 Å². The van der Waals surface area contributed by atoms with Crippen LogP contribution in [0.4, 0.5) is 26.3 Å². The van der Waals surface area contributed by atoms with Gasteiger partial charge in [0, 0.05) is 30.7 Å². The summed E-state index contributed by atoms with van der Waals surface area (Å²) < 4.78 is 77.3. The van der Waals surface area contributed by atoms with Crippen LogP contribution < -0.4 is 0 Å². The Hall–Kier alpha value is -4.43. The molecule has 0 atom stereocenters. The molecule has 0 radical (unpaired) electrons. The maximum Gasteiger partial charge on any atom is 0.416 e. The van der Waals surface area contributed by atoms with E-state index in [-0.39, 0.29) is 38.5 Å². The highest BCUT2D eigenvalue weighted by molar-refractivity contribution is 6.35. The van der Waals surface area contributed by atoms with Gasteiger partial charge >= 0.3 is 6.18 Å². The van der Waals surface area contributed by atoms with Crippen molar-refractivity contribution in [2.24, 2.45) is 0 Å². The molecule has 0 bridgehead atoms. The quantitative estimate of drug-likeness (QED) is 0.133. The Kier molecular flexibility index (Phi) is 29.9. The molecule has 86 heavy (non-hydrogen) atoms. The van der Waals surface area contributed by atoms with E-state index in [1.807, 2.05) is 70.2 Å². The van der Waals surface area contributed by atoms with Crippen LogP contribution >= 0.6 is 58.0 Å². The van der Waals surface area contributed by atoms with Gasteiger partial charge in [0.1, 0.15) is 17.5 Å². The lowest BCUT2D eigenvalue weighted by Gasteiger charge is -2.23. The zero-order valence-corrected chi connectivity index (χ0v) is 59.6. The summed E-state index contributed by atoms with van der Waals surface area (Å²) in [4.78, 5) is 0. The molecule has 0 spiro atoms. The molecule has 0 nitrogen and oxygen atoms in total. The van der Waals surface area contributed by atoms with Crippen molar-refractivity contribution in [2.45, 2.75) is 217 Å². The van der Waals surface area contributed by atoms with Crippen LogP contribution in [-0.4, -0.2) is 0 Å². The second-order valence-corrected chi connectivity index (χ2v) is 30.9. The van der Waals surface area contributed by atoms with Crippen molar-refractivity contribution in [2.75, 3.05) is 0 Å². The summed E-state index contributed by atoms with van der Waals surface area (Å²) in [5, 5.41) is 3.74. The highest BCUT2D eigenvalue weighted by atomic mass is 35.5. The van der Waals surface area contributed by atoms with E-state index >= 15 is 0 Å².